The second kappa shape index (κ2) is 8.92. The smallest absolute Gasteiger partial charge is 0.343 e. The highest BCUT2D eigenvalue weighted by Crippen LogP contribution is 2.18. The maximum atomic E-state index is 12.0. The number of esters is 1. The van der Waals surface area contributed by atoms with Crippen LogP contribution in [0.3, 0.4) is 0 Å². The molecule has 1 atom stereocenters. The van der Waals surface area contributed by atoms with Crippen LogP contribution < -0.4 is 0 Å². The Morgan fingerprint density at radius 2 is 1.52 bits per heavy atom. The summed E-state index contributed by atoms with van der Waals surface area (Å²) in [5.41, 5.74) is -0.517. The number of carbonyl (C=O) groups is 2. The Kier molecular flexibility index (Phi) is 8.63. The van der Waals surface area contributed by atoms with E-state index in [-0.39, 0.29) is 5.57 Å². The van der Waals surface area contributed by atoms with Gasteiger partial charge in [0.1, 0.15) is 5.73 Å². The van der Waals surface area contributed by atoms with Gasteiger partial charge in [-0.15, -0.1) is 0 Å². The molecule has 0 spiro atoms. The highest BCUT2D eigenvalue weighted by atomic mass is 28.4. The monoisotopic (exact) mass is 378 g/mol. The summed E-state index contributed by atoms with van der Waals surface area (Å²) in [4.78, 5) is 22.7. The number of hydrogen-bond donors (Lipinski definition) is 1. The van der Waals surface area contributed by atoms with Crippen LogP contribution in [0.5, 0.6) is 0 Å². The second-order valence-electron chi connectivity index (χ2n) is 7.35. The lowest BCUT2D eigenvalue weighted by Gasteiger charge is -2.34. The first-order valence-electron chi connectivity index (χ1n) is 7.71. The van der Waals surface area contributed by atoms with Crippen molar-refractivity contribution in [3.8, 4) is 0 Å². The van der Waals surface area contributed by atoms with Crippen LogP contribution >= 0.6 is 0 Å². The van der Waals surface area contributed by atoms with Crippen LogP contribution in [0.15, 0.2) is 12.2 Å². The van der Waals surface area contributed by atoms with E-state index in [1.807, 2.05) is 6.92 Å². The first kappa shape index (κ1) is 22.3. The van der Waals surface area contributed by atoms with E-state index in [9.17, 15) is 9.59 Å². The summed E-state index contributed by atoms with van der Waals surface area (Å²) in [6.07, 6.45) is 0.142. The van der Waals surface area contributed by atoms with E-state index < -0.39 is 50.0 Å². The van der Waals surface area contributed by atoms with Gasteiger partial charge in [-0.2, -0.15) is 0 Å². The Balaban J connectivity index is 5.10. The van der Waals surface area contributed by atoms with Crippen molar-refractivity contribution in [1.82, 2.24) is 0 Å². The molecule has 0 rings (SSSR count). The van der Waals surface area contributed by atoms with Crippen LogP contribution in [-0.2, 0) is 22.6 Å². The van der Waals surface area contributed by atoms with E-state index in [1.54, 1.807) is 0 Å². The fourth-order valence-electron chi connectivity index (χ4n) is 1.68. The van der Waals surface area contributed by atoms with Gasteiger partial charge >= 0.3 is 21.2 Å². The molecule has 0 amide bonds. The molecule has 0 saturated carbocycles. The maximum absolute atomic E-state index is 12.0. The van der Waals surface area contributed by atoms with Gasteiger partial charge in [0, 0.05) is 5.57 Å². The zero-order valence-corrected chi connectivity index (χ0v) is 18.4. The first-order chi connectivity index (χ1) is 10.2. The Labute approximate surface area is 142 Å². The van der Waals surface area contributed by atoms with Gasteiger partial charge < -0.3 is 18.1 Å². The lowest BCUT2D eigenvalue weighted by atomic mass is 10.2. The van der Waals surface area contributed by atoms with Gasteiger partial charge in [0.05, 0.1) is 6.42 Å². The average Bonchev–Trinajstić information content (AvgIpc) is 2.30. The Morgan fingerprint density at radius 3 is 1.83 bits per heavy atom. The SMILES string of the molecule is C=C(CC(=O)O)C(=O)OC(CC)[SiH](O[Si](C)(C)C)O[Si](C)(C)C. The summed E-state index contributed by atoms with van der Waals surface area (Å²) in [7, 11) is -5.94. The minimum atomic E-state index is -2.24. The lowest BCUT2D eigenvalue weighted by molar-refractivity contribution is -0.144. The molecular formula is C14H30O6Si3. The molecule has 23 heavy (non-hydrogen) atoms. The molecule has 1 N–H and O–H groups in total. The van der Waals surface area contributed by atoms with Gasteiger partial charge in [-0.1, -0.05) is 13.5 Å². The molecule has 0 aromatic rings. The minimum absolute atomic E-state index is 0.0651. The van der Waals surface area contributed by atoms with Gasteiger partial charge in [-0.05, 0) is 45.7 Å². The zero-order chi connectivity index (χ0) is 18.4. The van der Waals surface area contributed by atoms with Gasteiger partial charge in [-0.3, -0.25) is 4.79 Å². The molecule has 0 bridgehead atoms. The molecule has 0 aromatic carbocycles. The van der Waals surface area contributed by atoms with Crippen molar-refractivity contribution >= 4 is 37.9 Å². The summed E-state index contributed by atoms with van der Waals surface area (Å²) < 4.78 is 17.9. The first-order valence-corrected chi connectivity index (χ1v) is 16.1. The average molecular weight is 379 g/mol. The molecule has 0 radical (unpaired) electrons. The summed E-state index contributed by atoms with van der Waals surface area (Å²) in [6, 6.07) is 0. The highest BCUT2D eigenvalue weighted by Gasteiger charge is 2.36. The van der Waals surface area contributed by atoms with E-state index in [2.05, 4.69) is 45.9 Å². The van der Waals surface area contributed by atoms with Crippen molar-refractivity contribution in [2.75, 3.05) is 0 Å². The third kappa shape index (κ3) is 10.6. The molecule has 1 unspecified atom stereocenters. The largest absolute Gasteiger partial charge is 0.481 e. The molecule has 0 heterocycles. The predicted octanol–water partition coefficient (Wildman–Crippen LogP) is 2.80. The second-order valence-corrected chi connectivity index (χ2v) is 19.2. The maximum Gasteiger partial charge on any atom is 0.343 e. The van der Waals surface area contributed by atoms with Crippen molar-refractivity contribution in [1.29, 1.82) is 0 Å². The van der Waals surface area contributed by atoms with Crippen LogP contribution in [0, 0.1) is 0 Å². The van der Waals surface area contributed by atoms with E-state index in [1.165, 1.54) is 0 Å². The van der Waals surface area contributed by atoms with Crippen LogP contribution in [0.2, 0.25) is 39.3 Å². The fourth-order valence-corrected chi connectivity index (χ4v) is 9.71. The Morgan fingerprint density at radius 1 is 1.09 bits per heavy atom. The van der Waals surface area contributed by atoms with Crippen LogP contribution in [0.25, 0.3) is 0 Å². The minimum Gasteiger partial charge on any atom is -0.481 e. The number of hydrogen-bond acceptors (Lipinski definition) is 5. The van der Waals surface area contributed by atoms with Gasteiger partial charge in [-0.25, -0.2) is 4.79 Å². The molecule has 0 aliphatic rings. The number of carbonyl (C=O) groups excluding carboxylic acids is 1. The summed E-state index contributed by atoms with van der Waals surface area (Å²) >= 11 is 0. The van der Waals surface area contributed by atoms with Crippen molar-refractivity contribution in [3.63, 3.8) is 0 Å². The van der Waals surface area contributed by atoms with E-state index in [4.69, 9.17) is 18.1 Å². The fraction of sp³-hybridized carbons (Fsp3) is 0.714. The molecule has 0 aromatic heterocycles. The number of aliphatic carboxylic acids is 1. The summed E-state index contributed by atoms with van der Waals surface area (Å²) in [6.45, 7) is 17.8. The third-order valence-electron chi connectivity index (χ3n) is 2.56. The van der Waals surface area contributed by atoms with Crippen LogP contribution in [-0.4, -0.2) is 48.7 Å². The van der Waals surface area contributed by atoms with Crippen molar-refractivity contribution in [3.05, 3.63) is 12.2 Å². The Bertz CT molecular complexity index is 423. The predicted molar refractivity (Wildman–Crippen MR) is 97.6 cm³/mol. The van der Waals surface area contributed by atoms with E-state index >= 15 is 0 Å². The molecule has 0 aliphatic carbocycles. The molecule has 0 saturated heterocycles. The highest BCUT2D eigenvalue weighted by molar-refractivity contribution is 6.81. The quantitative estimate of drug-likeness (QED) is 0.357. The normalized spacial score (nSPS) is 13.7. The van der Waals surface area contributed by atoms with Crippen LogP contribution in [0.1, 0.15) is 19.8 Å². The molecular weight excluding hydrogens is 348 g/mol. The molecule has 0 fully saturated rings. The standard InChI is InChI=1S/C14H30O6Si3/c1-9-13(18-14(17)11(2)10-12(15)16)21(19-22(3,4)5)20-23(6,7)8/h13,21H,2,9-10H2,1,3-8H3,(H,15,16). The summed E-state index contributed by atoms with van der Waals surface area (Å²) in [5, 5.41) is 8.74. The zero-order valence-electron chi connectivity index (χ0n) is 15.3. The molecule has 6 nitrogen and oxygen atoms in total. The Hall–Kier alpha value is -0.749. The van der Waals surface area contributed by atoms with Crippen LogP contribution in [0.4, 0.5) is 0 Å². The topological polar surface area (TPSA) is 82.1 Å². The number of ether oxygens (including phenoxy) is 1. The lowest BCUT2D eigenvalue weighted by Crippen LogP contribution is -2.51. The number of carboxylic acid groups (broad SMARTS) is 1. The van der Waals surface area contributed by atoms with Crippen molar-refractivity contribution in [2.24, 2.45) is 0 Å². The van der Waals surface area contributed by atoms with Crippen molar-refractivity contribution < 1.29 is 27.7 Å². The van der Waals surface area contributed by atoms with E-state index in [0.29, 0.717) is 6.42 Å². The van der Waals surface area contributed by atoms with Crippen molar-refractivity contribution in [2.45, 2.75) is 64.8 Å². The molecule has 9 heteroatoms. The number of rotatable bonds is 10. The van der Waals surface area contributed by atoms with Gasteiger partial charge in [0.25, 0.3) is 0 Å². The van der Waals surface area contributed by atoms with Gasteiger partial charge in [0.15, 0.2) is 16.6 Å². The van der Waals surface area contributed by atoms with Gasteiger partial charge in [0.2, 0.25) is 0 Å². The summed E-state index contributed by atoms with van der Waals surface area (Å²) in [5.74, 6) is -1.79. The number of carboxylic acids is 1. The third-order valence-corrected chi connectivity index (χ3v) is 11.3. The van der Waals surface area contributed by atoms with E-state index in [0.717, 1.165) is 0 Å². The molecule has 134 valence electrons. The molecule has 0 aliphatic heterocycles.